The molecule has 0 N–H and O–H groups in total. The van der Waals surface area contributed by atoms with Gasteiger partial charge in [-0.1, -0.05) is 121 Å². The summed E-state index contributed by atoms with van der Waals surface area (Å²) < 4.78 is 2.05. The van der Waals surface area contributed by atoms with Crippen molar-refractivity contribution in [1.82, 2.24) is 19.4 Å². The zero-order valence-electron chi connectivity index (χ0n) is 27.1. The molecule has 236 valence electrons. The summed E-state index contributed by atoms with van der Waals surface area (Å²) in [6.07, 6.45) is 4.10. The number of aromatic nitrogens is 4. The number of benzene rings is 6. The van der Waals surface area contributed by atoms with Crippen molar-refractivity contribution in [2.75, 3.05) is 4.90 Å². The van der Waals surface area contributed by atoms with Gasteiger partial charge in [-0.05, 0) is 60.2 Å². The summed E-state index contributed by atoms with van der Waals surface area (Å²) in [5.41, 5.74) is 13.9. The minimum Gasteiger partial charge on any atom is -0.310 e. The molecule has 0 atom stereocenters. The van der Waals surface area contributed by atoms with Crippen LogP contribution in [-0.4, -0.2) is 19.4 Å². The fourth-order valence-corrected chi connectivity index (χ4v) is 6.58. The zero-order valence-corrected chi connectivity index (χ0v) is 27.1. The molecule has 0 amide bonds. The first-order chi connectivity index (χ1) is 24.8. The fraction of sp³-hybridized carbons (Fsp3) is 0. The third-order valence-corrected chi connectivity index (χ3v) is 9.03. The fourth-order valence-electron chi connectivity index (χ4n) is 6.58. The van der Waals surface area contributed by atoms with Crippen molar-refractivity contribution in [1.29, 1.82) is 0 Å². The number of para-hydroxylation sites is 3. The van der Waals surface area contributed by atoms with Gasteiger partial charge in [0.25, 0.3) is 0 Å². The number of hydrogen-bond acceptors (Lipinski definition) is 4. The van der Waals surface area contributed by atoms with Crippen LogP contribution >= 0.6 is 0 Å². The lowest BCUT2D eigenvalue weighted by atomic mass is 10.0. The first-order valence-corrected chi connectivity index (χ1v) is 16.7. The Morgan fingerprint density at radius 1 is 0.400 bits per heavy atom. The predicted octanol–water partition coefficient (Wildman–Crippen LogP) is 11.4. The largest absolute Gasteiger partial charge is 0.310 e. The summed E-state index contributed by atoms with van der Waals surface area (Å²) in [5, 5.41) is 0. The first kappa shape index (κ1) is 29.3. The SMILES string of the molecule is c1ccc(-c2ccccc2N(c2ccc(-c3cn4ccccc4n3)cc2)c2ccc(-c3nc4ccccc4nc3-c3ccccc3)cc2)cc1. The highest BCUT2D eigenvalue weighted by molar-refractivity contribution is 5.90. The van der Waals surface area contributed by atoms with E-state index in [2.05, 4.69) is 131 Å². The number of imidazole rings is 1. The average Bonchev–Trinajstić information content (AvgIpc) is 3.64. The van der Waals surface area contributed by atoms with Gasteiger partial charge in [0.1, 0.15) is 5.65 Å². The third kappa shape index (κ3) is 5.47. The van der Waals surface area contributed by atoms with E-state index in [1.807, 2.05) is 66.9 Å². The molecule has 0 bridgehead atoms. The maximum absolute atomic E-state index is 5.14. The van der Waals surface area contributed by atoms with Crippen LogP contribution in [0, 0.1) is 0 Å². The van der Waals surface area contributed by atoms with Crippen molar-refractivity contribution in [2.45, 2.75) is 0 Å². The lowest BCUT2D eigenvalue weighted by molar-refractivity contribution is 1.19. The molecule has 0 unspecified atom stereocenters. The summed E-state index contributed by atoms with van der Waals surface area (Å²) in [7, 11) is 0. The molecule has 3 aromatic heterocycles. The molecular weight excluding hydrogens is 611 g/mol. The number of nitrogens with zero attached hydrogens (tertiary/aromatic N) is 5. The van der Waals surface area contributed by atoms with Crippen molar-refractivity contribution in [2.24, 2.45) is 0 Å². The number of hydrogen-bond donors (Lipinski definition) is 0. The molecule has 0 aliphatic heterocycles. The lowest BCUT2D eigenvalue weighted by Crippen LogP contribution is -2.11. The normalized spacial score (nSPS) is 11.2. The first-order valence-electron chi connectivity index (χ1n) is 16.7. The van der Waals surface area contributed by atoms with Gasteiger partial charge in [0, 0.05) is 46.0 Å². The van der Waals surface area contributed by atoms with Crippen molar-refractivity contribution < 1.29 is 0 Å². The van der Waals surface area contributed by atoms with Crippen LogP contribution in [0.4, 0.5) is 17.1 Å². The number of anilines is 3. The molecule has 5 heteroatoms. The second kappa shape index (κ2) is 12.6. The minimum absolute atomic E-state index is 0.856. The Bertz CT molecular complexity index is 2540. The van der Waals surface area contributed by atoms with Crippen LogP contribution in [0.15, 0.2) is 188 Å². The summed E-state index contributed by atoms with van der Waals surface area (Å²) in [5.74, 6) is 0. The molecule has 9 aromatic rings. The Balaban J connectivity index is 1.16. The van der Waals surface area contributed by atoms with E-state index in [0.29, 0.717) is 0 Å². The standard InChI is InChI=1S/C45H31N5/c1-3-13-32(14-4-1)38-17-7-10-20-42(38)50(36-26-22-33(23-27-36)41-31-49-30-12-11-21-43(49)46-41)37-28-24-35(25-29-37)45-44(34-15-5-2-6-16-34)47-39-18-8-9-19-40(39)48-45/h1-31H. The van der Waals surface area contributed by atoms with Crippen LogP contribution in [0.5, 0.6) is 0 Å². The summed E-state index contributed by atoms with van der Waals surface area (Å²) in [6, 6.07) is 60.9. The van der Waals surface area contributed by atoms with E-state index in [-0.39, 0.29) is 0 Å². The van der Waals surface area contributed by atoms with Gasteiger partial charge < -0.3 is 9.30 Å². The zero-order chi connectivity index (χ0) is 33.3. The molecule has 0 fully saturated rings. The average molecular weight is 642 g/mol. The van der Waals surface area contributed by atoms with Gasteiger partial charge in [0.2, 0.25) is 0 Å². The molecule has 5 nitrogen and oxygen atoms in total. The van der Waals surface area contributed by atoms with E-state index >= 15 is 0 Å². The molecule has 0 spiro atoms. The van der Waals surface area contributed by atoms with Gasteiger partial charge in [0.15, 0.2) is 0 Å². The molecule has 50 heavy (non-hydrogen) atoms. The van der Waals surface area contributed by atoms with E-state index < -0.39 is 0 Å². The molecule has 3 heterocycles. The summed E-state index contributed by atoms with van der Waals surface area (Å²) in [4.78, 5) is 17.4. The highest BCUT2D eigenvalue weighted by Gasteiger charge is 2.19. The van der Waals surface area contributed by atoms with Gasteiger partial charge in [0.05, 0.1) is 33.8 Å². The van der Waals surface area contributed by atoms with Crippen LogP contribution in [-0.2, 0) is 0 Å². The van der Waals surface area contributed by atoms with Crippen LogP contribution in [0.1, 0.15) is 0 Å². The van der Waals surface area contributed by atoms with Gasteiger partial charge >= 0.3 is 0 Å². The lowest BCUT2D eigenvalue weighted by Gasteiger charge is -2.28. The Kier molecular flexibility index (Phi) is 7.41. The van der Waals surface area contributed by atoms with Gasteiger partial charge in [-0.3, -0.25) is 0 Å². The van der Waals surface area contributed by atoms with Crippen molar-refractivity contribution >= 4 is 33.7 Å². The molecule has 0 saturated carbocycles. The predicted molar refractivity (Wildman–Crippen MR) is 205 cm³/mol. The summed E-state index contributed by atoms with van der Waals surface area (Å²) >= 11 is 0. The number of fused-ring (bicyclic) bond motifs is 2. The van der Waals surface area contributed by atoms with Gasteiger partial charge in [-0.2, -0.15) is 0 Å². The molecule has 0 radical (unpaired) electrons. The van der Waals surface area contributed by atoms with Crippen LogP contribution in [0.25, 0.3) is 61.6 Å². The minimum atomic E-state index is 0.856. The molecule has 9 rings (SSSR count). The Hall–Kier alpha value is -6.85. The molecular formula is C45H31N5. The second-order valence-corrected chi connectivity index (χ2v) is 12.2. The number of rotatable bonds is 7. The van der Waals surface area contributed by atoms with Crippen LogP contribution in [0.2, 0.25) is 0 Å². The van der Waals surface area contributed by atoms with E-state index in [9.17, 15) is 0 Å². The molecule has 0 saturated heterocycles. The number of pyridine rings is 1. The van der Waals surface area contributed by atoms with E-state index in [1.165, 1.54) is 0 Å². The summed E-state index contributed by atoms with van der Waals surface area (Å²) in [6.45, 7) is 0. The smallest absolute Gasteiger partial charge is 0.137 e. The van der Waals surface area contributed by atoms with E-state index in [4.69, 9.17) is 15.0 Å². The second-order valence-electron chi connectivity index (χ2n) is 12.2. The van der Waals surface area contributed by atoms with Crippen LogP contribution in [0.3, 0.4) is 0 Å². The van der Waals surface area contributed by atoms with Gasteiger partial charge in [-0.15, -0.1) is 0 Å². The van der Waals surface area contributed by atoms with E-state index in [0.717, 1.165) is 78.6 Å². The van der Waals surface area contributed by atoms with Crippen molar-refractivity contribution in [3.8, 4) is 44.9 Å². The monoisotopic (exact) mass is 641 g/mol. The highest BCUT2D eigenvalue weighted by Crippen LogP contribution is 2.42. The molecule has 0 aliphatic rings. The molecule has 0 aliphatic carbocycles. The quantitative estimate of drug-likeness (QED) is 0.174. The highest BCUT2D eigenvalue weighted by atomic mass is 15.1. The Labute approximate surface area is 290 Å². The third-order valence-electron chi connectivity index (χ3n) is 9.03. The van der Waals surface area contributed by atoms with Crippen LogP contribution < -0.4 is 4.90 Å². The van der Waals surface area contributed by atoms with Crippen molar-refractivity contribution in [3.05, 3.63) is 188 Å². The maximum atomic E-state index is 5.14. The van der Waals surface area contributed by atoms with Gasteiger partial charge in [-0.25, -0.2) is 15.0 Å². The van der Waals surface area contributed by atoms with E-state index in [1.54, 1.807) is 0 Å². The Morgan fingerprint density at radius 2 is 0.920 bits per heavy atom. The topological polar surface area (TPSA) is 46.3 Å². The Morgan fingerprint density at radius 3 is 1.56 bits per heavy atom. The van der Waals surface area contributed by atoms with Crippen molar-refractivity contribution in [3.63, 3.8) is 0 Å². The maximum Gasteiger partial charge on any atom is 0.137 e. The molecule has 6 aromatic carbocycles.